The third-order valence-electron chi connectivity index (χ3n) is 4.66. The van der Waals surface area contributed by atoms with Gasteiger partial charge in [-0.2, -0.15) is 15.1 Å². The molecule has 0 spiro atoms. The summed E-state index contributed by atoms with van der Waals surface area (Å²) in [4.78, 5) is 23.5. The van der Waals surface area contributed by atoms with E-state index in [0.29, 0.717) is 40.7 Å². The van der Waals surface area contributed by atoms with Crippen LogP contribution in [0.1, 0.15) is 19.8 Å². The van der Waals surface area contributed by atoms with E-state index in [9.17, 15) is 4.79 Å². The number of anilines is 2. The number of nitrogens with one attached hydrogen (secondary N) is 3. The van der Waals surface area contributed by atoms with Gasteiger partial charge in [-0.3, -0.25) is 9.48 Å². The maximum atomic E-state index is 11.6. The highest BCUT2D eigenvalue weighted by atomic mass is 35.5. The molecule has 4 rings (SSSR count). The highest BCUT2D eigenvalue weighted by Gasteiger charge is 2.43. The topological polar surface area (TPSA) is 110 Å². The minimum Gasteiger partial charge on any atom is -0.474 e. The second kappa shape index (κ2) is 6.83. The molecule has 0 radical (unpaired) electrons. The second-order valence-corrected chi connectivity index (χ2v) is 7.55. The maximum absolute atomic E-state index is 11.6. The average Bonchev–Trinajstić information content (AvgIpc) is 3.19. The molecule has 3 aromatic rings. The number of aromatic amines is 1. The van der Waals surface area contributed by atoms with Crippen LogP contribution in [0.15, 0.2) is 31.2 Å². The Morgan fingerprint density at radius 1 is 1.50 bits per heavy atom. The number of nitrogens with zero attached hydrogens (tertiary/aromatic N) is 4. The molecular weight excluding hydrogens is 382 g/mol. The summed E-state index contributed by atoms with van der Waals surface area (Å²) in [5.41, 5.74) is 1.01. The highest BCUT2D eigenvalue weighted by molar-refractivity contribution is 6.35. The van der Waals surface area contributed by atoms with E-state index in [0.717, 1.165) is 5.69 Å². The molecule has 10 heteroatoms. The molecule has 0 bridgehead atoms. The van der Waals surface area contributed by atoms with Crippen molar-refractivity contribution in [3.8, 4) is 5.88 Å². The van der Waals surface area contributed by atoms with Crippen LogP contribution in [-0.2, 0) is 11.8 Å². The number of halogens is 1. The molecule has 1 saturated carbocycles. The minimum atomic E-state index is -0.319. The summed E-state index contributed by atoms with van der Waals surface area (Å²) in [5.74, 6) is 0.572. The predicted molar refractivity (Wildman–Crippen MR) is 106 cm³/mol. The molecule has 0 saturated heterocycles. The van der Waals surface area contributed by atoms with Crippen molar-refractivity contribution in [3.05, 3.63) is 36.3 Å². The van der Waals surface area contributed by atoms with Gasteiger partial charge in [-0.25, -0.2) is 0 Å². The number of aromatic nitrogens is 5. The Morgan fingerprint density at radius 3 is 2.96 bits per heavy atom. The maximum Gasteiger partial charge on any atom is 0.243 e. The Morgan fingerprint density at radius 2 is 2.29 bits per heavy atom. The van der Waals surface area contributed by atoms with Crippen LogP contribution in [-0.4, -0.2) is 42.3 Å². The molecule has 0 aromatic carbocycles. The molecule has 0 atom stereocenters. The van der Waals surface area contributed by atoms with Crippen LogP contribution >= 0.6 is 11.6 Å². The molecule has 1 fully saturated rings. The molecule has 3 heterocycles. The third kappa shape index (κ3) is 3.53. The van der Waals surface area contributed by atoms with Crippen LogP contribution in [0.2, 0.25) is 5.02 Å². The Balaban J connectivity index is 1.55. The number of hydrogen-bond acceptors (Lipinski definition) is 6. The van der Waals surface area contributed by atoms with Gasteiger partial charge in [-0.05, 0) is 13.0 Å². The van der Waals surface area contributed by atoms with Crippen molar-refractivity contribution in [2.24, 2.45) is 7.05 Å². The van der Waals surface area contributed by atoms with Gasteiger partial charge in [0.05, 0.1) is 22.3 Å². The lowest BCUT2D eigenvalue weighted by Gasteiger charge is -2.44. The number of rotatable bonds is 6. The lowest BCUT2D eigenvalue weighted by atomic mass is 9.75. The monoisotopic (exact) mass is 401 g/mol. The van der Waals surface area contributed by atoms with E-state index in [1.54, 1.807) is 17.1 Å². The van der Waals surface area contributed by atoms with E-state index in [-0.39, 0.29) is 17.6 Å². The zero-order valence-corrected chi connectivity index (χ0v) is 16.2. The molecule has 3 aromatic heterocycles. The van der Waals surface area contributed by atoms with Gasteiger partial charge >= 0.3 is 0 Å². The first-order valence-electron chi connectivity index (χ1n) is 8.77. The minimum absolute atomic E-state index is 0.0922. The van der Waals surface area contributed by atoms with Crippen molar-refractivity contribution in [2.45, 2.75) is 31.4 Å². The average molecular weight is 402 g/mol. The van der Waals surface area contributed by atoms with Crippen molar-refractivity contribution in [2.75, 3.05) is 5.32 Å². The van der Waals surface area contributed by atoms with Crippen LogP contribution in [0.25, 0.3) is 11.0 Å². The normalized spacial score (nSPS) is 21.2. The Hall–Kier alpha value is -3.07. The Bertz CT molecular complexity index is 1050. The molecule has 0 unspecified atom stereocenters. The fourth-order valence-electron chi connectivity index (χ4n) is 3.36. The van der Waals surface area contributed by atoms with E-state index >= 15 is 0 Å². The first-order valence-corrected chi connectivity index (χ1v) is 9.14. The molecular formula is C18H20ClN7O2. The van der Waals surface area contributed by atoms with Crippen LogP contribution in [0, 0.1) is 0 Å². The van der Waals surface area contributed by atoms with E-state index in [1.165, 1.54) is 6.08 Å². The van der Waals surface area contributed by atoms with E-state index < -0.39 is 0 Å². The molecule has 1 aliphatic rings. The van der Waals surface area contributed by atoms with Crippen molar-refractivity contribution >= 4 is 40.2 Å². The van der Waals surface area contributed by atoms with Gasteiger partial charge in [0.2, 0.25) is 17.7 Å². The molecule has 9 nitrogen and oxygen atoms in total. The lowest BCUT2D eigenvalue weighted by Crippen LogP contribution is -2.58. The molecule has 28 heavy (non-hydrogen) atoms. The fourth-order valence-corrected chi connectivity index (χ4v) is 3.58. The molecule has 3 N–H and O–H groups in total. The highest BCUT2D eigenvalue weighted by Crippen LogP contribution is 2.38. The quantitative estimate of drug-likeness (QED) is 0.548. The summed E-state index contributed by atoms with van der Waals surface area (Å²) in [7, 11) is 1.83. The van der Waals surface area contributed by atoms with Crippen LogP contribution < -0.4 is 15.4 Å². The summed E-state index contributed by atoms with van der Waals surface area (Å²) < 4.78 is 7.78. The smallest absolute Gasteiger partial charge is 0.243 e. The van der Waals surface area contributed by atoms with E-state index in [1.807, 2.05) is 20.2 Å². The summed E-state index contributed by atoms with van der Waals surface area (Å²) in [6.45, 7) is 5.46. The van der Waals surface area contributed by atoms with Gasteiger partial charge in [0.1, 0.15) is 11.8 Å². The van der Waals surface area contributed by atoms with E-state index in [2.05, 4.69) is 37.3 Å². The first kappa shape index (κ1) is 18.3. The lowest BCUT2D eigenvalue weighted by molar-refractivity contribution is -0.120. The van der Waals surface area contributed by atoms with Crippen molar-refractivity contribution in [1.82, 2.24) is 30.0 Å². The van der Waals surface area contributed by atoms with E-state index in [4.69, 9.17) is 16.3 Å². The summed E-state index contributed by atoms with van der Waals surface area (Å²) in [6.07, 6.45) is 7.63. The number of H-pyrrole nitrogens is 1. The fraction of sp³-hybridized carbons (Fsp3) is 0.333. The zero-order chi connectivity index (χ0) is 19.9. The van der Waals surface area contributed by atoms with Crippen molar-refractivity contribution < 1.29 is 9.53 Å². The SMILES string of the molecule is C=CC(=O)N[C@]1(C)C[C@@H](Oc2nc(Nc3cnn(C)c3)nc3[nH]cc(Cl)c23)C1. The molecule has 1 amide bonds. The summed E-state index contributed by atoms with van der Waals surface area (Å²) >= 11 is 6.29. The standard InChI is InChI=1S/C18H20ClN7O2/c1-4-13(27)25-18(2)5-11(6-18)28-16-14-12(19)8-20-15(14)23-17(24-16)22-10-7-21-26(3)9-10/h4,7-9,11H,1,5-6H2,2-3H3,(H,25,27)(H2,20,22,23,24)/t11-,18-. The van der Waals surface area contributed by atoms with Gasteiger partial charge in [0, 0.05) is 37.8 Å². The van der Waals surface area contributed by atoms with Crippen LogP contribution in [0.5, 0.6) is 5.88 Å². The van der Waals surface area contributed by atoms with Crippen molar-refractivity contribution in [3.63, 3.8) is 0 Å². The van der Waals surface area contributed by atoms with Gasteiger partial charge in [-0.1, -0.05) is 18.2 Å². The van der Waals surface area contributed by atoms with Crippen molar-refractivity contribution in [1.29, 1.82) is 0 Å². The summed E-state index contributed by atoms with van der Waals surface area (Å²) in [5, 5.41) is 11.3. The van der Waals surface area contributed by atoms with Gasteiger partial charge in [0.25, 0.3) is 0 Å². The largest absolute Gasteiger partial charge is 0.474 e. The van der Waals surface area contributed by atoms with Gasteiger partial charge < -0.3 is 20.4 Å². The first-order chi connectivity index (χ1) is 13.3. The van der Waals surface area contributed by atoms with Crippen LogP contribution in [0.3, 0.4) is 0 Å². The number of ether oxygens (including phenoxy) is 1. The Kier molecular flexibility index (Phi) is 4.46. The number of carbonyl (C=O) groups excluding carboxylic acids is 1. The number of amides is 1. The molecule has 0 aliphatic heterocycles. The molecule has 1 aliphatic carbocycles. The third-order valence-corrected chi connectivity index (χ3v) is 4.95. The Labute approximate surface area is 166 Å². The number of aryl methyl sites for hydroxylation is 1. The van der Waals surface area contributed by atoms with Crippen LogP contribution in [0.4, 0.5) is 11.6 Å². The van der Waals surface area contributed by atoms with Gasteiger partial charge in [0.15, 0.2) is 0 Å². The number of hydrogen-bond donors (Lipinski definition) is 3. The second-order valence-electron chi connectivity index (χ2n) is 7.14. The molecule has 146 valence electrons. The number of fused-ring (bicyclic) bond motifs is 1. The summed E-state index contributed by atoms with van der Waals surface area (Å²) in [6, 6.07) is 0. The number of carbonyl (C=O) groups is 1. The van der Waals surface area contributed by atoms with Gasteiger partial charge in [-0.15, -0.1) is 0 Å². The zero-order valence-electron chi connectivity index (χ0n) is 15.5. The predicted octanol–water partition coefficient (Wildman–Crippen LogP) is 2.69.